The van der Waals surface area contributed by atoms with Crippen LogP contribution in [0.3, 0.4) is 0 Å². The largest absolute Gasteiger partial charge is 0.359 e. The minimum Gasteiger partial charge on any atom is -0.359 e. The Hall–Kier alpha value is -0.770. The van der Waals surface area contributed by atoms with Crippen molar-refractivity contribution in [1.82, 2.24) is 4.98 Å². The van der Waals surface area contributed by atoms with Crippen molar-refractivity contribution in [2.24, 2.45) is 0 Å². The SMILES string of the molecule is Cc1ccc(-c2ccc(I)cc2)[nH]1. The van der Waals surface area contributed by atoms with Gasteiger partial charge in [0, 0.05) is 15.0 Å². The Morgan fingerprint density at radius 2 is 1.69 bits per heavy atom. The quantitative estimate of drug-likeness (QED) is 0.770. The Kier molecular flexibility index (Phi) is 2.40. The summed E-state index contributed by atoms with van der Waals surface area (Å²) in [6, 6.07) is 12.7. The summed E-state index contributed by atoms with van der Waals surface area (Å²) in [5.41, 5.74) is 3.64. The molecule has 0 aliphatic carbocycles. The lowest BCUT2D eigenvalue weighted by Gasteiger charge is -1.97. The van der Waals surface area contributed by atoms with Crippen LogP contribution in [0.1, 0.15) is 5.69 Å². The second-order valence-corrected chi connectivity index (χ2v) is 4.31. The van der Waals surface area contributed by atoms with Crippen LogP contribution in [-0.2, 0) is 0 Å². The minimum absolute atomic E-state index is 1.19. The van der Waals surface area contributed by atoms with Gasteiger partial charge in [-0.2, -0.15) is 0 Å². The van der Waals surface area contributed by atoms with Gasteiger partial charge >= 0.3 is 0 Å². The van der Waals surface area contributed by atoms with Gasteiger partial charge in [0.1, 0.15) is 0 Å². The number of H-pyrrole nitrogens is 1. The summed E-state index contributed by atoms with van der Waals surface area (Å²) >= 11 is 2.31. The molecule has 0 saturated carbocycles. The van der Waals surface area contributed by atoms with Crippen molar-refractivity contribution in [3.8, 4) is 11.3 Å². The molecule has 0 bridgehead atoms. The van der Waals surface area contributed by atoms with E-state index in [1.807, 2.05) is 0 Å². The highest BCUT2D eigenvalue weighted by Gasteiger charge is 1.98. The molecule has 2 rings (SSSR count). The summed E-state index contributed by atoms with van der Waals surface area (Å²) in [7, 11) is 0. The van der Waals surface area contributed by atoms with Crippen molar-refractivity contribution in [3.63, 3.8) is 0 Å². The van der Waals surface area contributed by atoms with Crippen LogP contribution in [-0.4, -0.2) is 4.98 Å². The van der Waals surface area contributed by atoms with E-state index in [0.717, 1.165) is 0 Å². The zero-order valence-electron chi connectivity index (χ0n) is 7.34. The lowest BCUT2D eigenvalue weighted by Crippen LogP contribution is -1.78. The third-order valence-electron chi connectivity index (χ3n) is 1.99. The highest BCUT2D eigenvalue weighted by Crippen LogP contribution is 2.19. The molecule has 0 aliphatic rings. The van der Waals surface area contributed by atoms with Gasteiger partial charge in [-0.25, -0.2) is 0 Å². The summed E-state index contributed by atoms with van der Waals surface area (Å²) in [6.45, 7) is 2.07. The molecule has 0 fully saturated rings. The summed E-state index contributed by atoms with van der Waals surface area (Å²) in [5, 5.41) is 0. The van der Waals surface area contributed by atoms with Crippen molar-refractivity contribution in [3.05, 3.63) is 45.7 Å². The van der Waals surface area contributed by atoms with Gasteiger partial charge in [0.2, 0.25) is 0 Å². The molecule has 0 radical (unpaired) electrons. The summed E-state index contributed by atoms with van der Waals surface area (Å²) in [5.74, 6) is 0. The van der Waals surface area contributed by atoms with Crippen molar-refractivity contribution >= 4 is 22.6 Å². The van der Waals surface area contributed by atoms with Crippen LogP contribution in [0.25, 0.3) is 11.3 Å². The Balaban J connectivity index is 2.41. The topological polar surface area (TPSA) is 15.8 Å². The zero-order valence-corrected chi connectivity index (χ0v) is 9.50. The highest BCUT2D eigenvalue weighted by atomic mass is 127. The third kappa shape index (κ3) is 1.94. The maximum atomic E-state index is 3.31. The Bertz CT molecular complexity index is 400. The number of aryl methyl sites for hydroxylation is 1. The molecule has 2 heteroatoms. The van der Waals surface area contributed by atoms with E-state index in [0.29, 0.717) is 0 Å². The standard InChI is InChI=1S/C11H10IN/c1-8-2-7-11(13-8)9-3-5-10(12)6-4-9/h2-7,13H,1H3. The fraction of sp³-hybridized carbons (Fsp3) is 0.0909. The first kappa shape index (κ1) is 8.81. The predicted molar refractivity (Wildman–Crippen MR) is 63.7 cm³/mol. The van der Waals surface area contributed by atoms with E-state index in [9.17, 15) is 0 Å². The van der Waals surface area contributed by atoms with E-state index in [4.69, 9.17) is 0 Å². The Morgan fingerprint density at radius 3 is 2.23 bits per heavy atom. The van der Waals surface area contributed by atoms with Crippen LogP contribution < -0.4 is 0 Å². The van der Waals surface area contributed by atoms with Crippen molar-refractivity contribution in [2.45, 2.75) is 6.92 Å². The number of hydrogen-bond acceptors (Lipinski definition) is 0. The van der Waals surface area contributed by atoms with Crippen LogP contribution in [0.5, 0.6) is 0 Å². The zero-order chi connectivity index (χ0) is 9.26. The highest BCUT2D eigenvalue weighted by molar-refractivity contribution is 14.1. The second-order valence-electron chi connectivity index (χ2n) is 3.06. The van der Waals surface area contributed by atoms with E-state index < -0.39 is 0 Å². The average molecular weight is 283 g/mol. The van der Waals surface area contributed by atoms with Gasteiger partial charge in [0.05, 0.1) is 0 Å². The predicted octanol–water partition coefficient (Wildman–Crippen LogP) is 3.59. The first-order valence-corrected chi connectivity index (χ1v) is 5.25. The molecule has 13 heavy (non-hydrogen) atoms. The molecule has 1 aromatic heterocycles. The van der Waals surface area contributed by atoms with Crippen molar-refractivity contribution < 1.29 is 0 Å². The maximum absolute atomic E-state index is 3.31. The first-order valence-electron chi connectivity index (χ1n) is 4.17. The molecule has 1 heterocycles. The number of nitrogens with one attached hydrogen (secondary N) is 1. The van der Waals surface area contributed by atoms with E-state index in [1.165, 1.54) is 20.5 Å². The summed E-state index contributed by atoms with van der Waals surface area (Å²) in [6.07, 6.45) is 0. The van der Waals surface area contributed by atoms with E-state index in [1.54, 1.807) is 0 Å². The molecule has 1 N–H and O–H groups in total. The van der Waals surface area contributed by atoms with Crippen LogP contribution >= 0.6 is 22.6 Å². The Morgan fingerprint density at radius 1 is 1.00 bits per heavy atom. The molecule has 1 nitrogen and oxygen atoms in total. The molecule has 0 aliphatic heterocycles. The first-order chi connectivity index (χ1) is 6.25. The fourth-order valence-electron chi connectivity index (χ4n) is 1.30. The number of benzene rings is 1. The number of hydrogen-bond donors (Lipinski definition) is 1. The van der Waals surface area contributed by atoms with Gasteiger partial charge in [0.15, 0.2) is 0 Å². The van der Waals surface area contributed by atoms with Gasteiger partial charge in [-0.15, -0.1) is 0 Å². The summed E-state index contributed by atoms with van der Waals surface area (Å²) < 4.78 is 1.27. The number of rotatable bonds is 1. The Labute approximate surface area is 91.3 Å². The average Bonchev–Trinajstić information content (AvgIpc) is 2.53. The molecule has 0 spiro atoms. The maximum Gasteiger partial charge on any atom is 0.0455 e. The molecule has 0 amide bonds. The minimum atomic E-state index is 1.19. The van der Waals surface area contributed by atoms with Gasteiger partial charge in [-0.1, -0.05) is 12.1 Å². The van der Waals surface area contributed by atoms with Crippen molar-refractivity contribution in [2.75, 3.05) is 0 Å². The van der Waals surface area contributed by atoms with Gasteiger partial charge in [-0.3, -0.25) is 0 Å². The van der Waals surface area contributed by atoms with Crippen LogP contribution in [0.15, 0.2) is 36.4 Å². The van der Waals surface area contributed by atoms with Crippen LogP contribution in [0, 0.1) is 10.5 Å². The lowest BCUT2D eigenvalue weighted by atomic mass is 10.2. The molecular weight excluding hydrogens is 273 g/mol. The molecule has 0 atom stereocenters. The van der Waals surface area contributed by atoms with Crippen molar-refractivity contribution in [1.29, 1.82) is 0 Å². The van der Waals surface area contributed by atoms with Gasteiger partial charge < -0.3 is 4.98 Å². The number of aromatic amines is 1. The molecule has 0 unspecified atom stereocenters. The van der Waals surface area contributed by atoms with Gasteiger partial charge in [0.25, 0.3) is 0 Å². The molecule has 2 aromatic rings. The molecule has 1 aromatic carbocycles. The normalized spacial score (nSPS) is 10.3. The number of aromatic nitrogens is 1. The summed E-state index contributed by atoms with van der Waals surface area (Å²) in [4.78, 5) is 3.31. The van der Waals surface area contributed by atoms with E-state index in [-0.39, 0.29) is 0 Å². The smallest absolute Gasteiger partial charge is 0.0455 e. The third-order valence-corrected chi connectivity index (χ3v) is 2.71. The molecular formula is C11H10IN. The van der Waals surface area contributed by atoms with Crippen LogP contribution in [0.2, 0.25) is 0 Å². The monoisotopic (exact) mass is 283 g/mol. The second kappa shape index (κ2) is 3.54. The van der Waals surface area contributed by atoms with E-state index in [2.05, 4.69) is 70.9 Å². The molecule has 0 saturated heterocycles. The van der Waals surface area contributed by atoms with Gasteiger partial charge in [-0.05, 0) is 59.3 Å². The number of halogens is 1. The fourth-order valence-corrected chi connectivity index (χ4v) is 1.66. The lowest BCUT2D eigenvalue weighted by molar-refractivity contribution is 1.27. The molecule has 66 valence electrons. The van der Waals surface area contributed by atoms with E-state index >= 15 is 0 Å². The van der Waals surface area contributed by atoms with Crippen LogP contribution in [0.4, 0.5) is 0 Å².